The van der Waals surface area contributed by atoms with Gasteiger partial charge < -0.3 is 15.8 Å². The third kappa shape index (κ3) is 2.08. The molecule has 1 amide bonds. The maximum Gasteiger partial charge on any atom is 0.224 e. The molecule has 0 aromatic heterocycles. The van der Waals surface area contributed by atoms with E-state index < -0.39 is 0 Å². The van der Waals surface area contributed by atoms with Crippen LogP contribution < -0.4 is 15.8 Å². The molecule has 4 nitrogen and oxygen atoms in total. The zero-order valence-corrected chi connectivity index (χ0v) is 14.4. The highest BCUT2D eigenvalue weighted by atomic mass is 16.5. The molecule has 1 aliphatic heterocycles. The Kier molecular flexibility index (Phi) is 2.85. The summed E-state index contributed by atoms with van der Waals surface area (Å²) >= 11 is 0. The lowest BCUT2D eigenvalue weighted by molar-refractivity contribution is -0.124. The fraction of sp³-hybridized carbons (Fsp3) is 0.650. The summed E-state index contributed by atoms with van der Waals surface area (Å²) in [5, 5.41) is 3.34. The highest BCUT2D eigenvalue weighted by Crippen LogP contribution is 2.69. The maximum atomic E-state index is 12.9. The molecule has 3 saturated carbocycles. The summed E-state index contributed by atoms with van der Waals surface area (Å²) in [4.78, 5) is 12.9. The highest BCUT2D eigenvalue weighted by molar-refractivity contribution is 5.83. The van der Waals surface area contributed by atoms with E-state index in [4.69, 9.17) is 10.5 Å². The van der Waals surface area contributed by atoms with E-state index in [-0.39, 0.29) is 23.5 Å². The molecule has 1 heterocycles. The standard InChI is InChI=1S/C20H26N2O2/c1-20(2)9-14(13-8-12(21)5-6-15(13)24-20)22-19(23)18-16-10-3-4-11(7-10)17(16)18/h5-6,8,10-11,14,16-18H,3-4,7,9,21H2,1-2H3,(H,22,23). The van der Waals surface area contributed by atoms with E-state index in [9.17, 15) is 4.79 Å². The number of nitrogens with one attached hydrogen (secondary N) is 1. The van der Waals surface area contributed by atoms with Gasteiger partial charge in [0.2, 0.25) is 5.91 Å². The molecule has 3 fully saturated rings. The fourth-order valence-corrected chi connectivity index (χ4v) is 5.95. The number of amides is 1. The van der Waals surface area contributed by atoms with Gasteiger partial charge >= 0.3 is 0 Å². The van der Waals surface area contributed by atoms with E-state index in [2.05, 4.69) is 19.2 Å². The zero-order valence-electron chi connectivity index (χ0n) is 14.4. The first-order chi connectivity index (χ1) is 11.4. The van der Waals surface area contributed by atoms with Gasteiger partial charge in [-0.05, 0) is 75.0 Å². The smallest absolute Gasteiger partial charge is 0.224 e. The first kappa shape index (κ1) is 14.6. The molecule has 5 unspecified atom stereocenters. The Morgan fingerprint density at radius 1 is 1.25 bits per heavy atom. The lowest BCUT2D eigenvalue weighted by atomic mass is 9.89. The molecule has 5 rings (SSSR count). The Bertz CT molecular complexity index is 698. The first-order valence-corrected chi connectivity index (χ1v) is 9.32. The van der Waals surface area contributed by atoms with Crippen LogP contribution in [-0.2, 0) is 4.79 Å². The van der Waals surface area contributed by atoms with Gasteiger partial charge in [0.25, 0.3) is 0 Å². The van der Waals surface area contributed by atoms with E-state index in [0.29, 0.717) is 11.8 Å². The maximum absolute atomic E-state index is 12.9. The van der Waals surface area contributed by atoms with Crippen molar-refractivity contribution in [3.8, 4) is 5.75 Å². The van der Waals surface area contributed by atoms with E-state index in [1.165, 1.54) is 19.3 Å². The van der Waals surface area contributed by atoms with Crippen molar-refractivity contribution < 1.29 is 9.53 Å². The summed E-state index contributed by atoms with van der Waals surface area (Å²) in [6.45, 7) is 4.16. The molecule has 0 radical (unpaired) electrons. The Morgan fingerprint density at radius 2 is 1.96 bits per heavy atom. The Balaban J connectivity index is 1.37. The van der Waals surface area contributed by atoms with Crippen LogP contribution in [0.3, 0.4) is 0 Å². The Morgan fingerprint density at radius 3 is 2.67 bits per heavy atom. The molecule has 24 heavy (non-hydrogen) atoms. The van der Waals surface area contributed by atoms with Crippen LogP contribution in [0.25, 0.3) is 0 Å². The molecule has 128 valence electrons. The minimum absolute atomic E-state index is 0.00118. The molecule has 1 aromatic carbocycles. The van der Waals surface area contributed by atoms with Crippen molar-refractivity contribution in [3.05, 3.63) is 23.8 Å². The zero-order chi connectivity index (χ0) is 16.6. The number of carbonyl (C=O) groups excluding carboxylic acids is 1. The second kappa shape index (κ2) is 4.68. The number of nitrogens with two attached hydrogens (primary N) is 1. The average Bonchev–Trinajstić information content (AvgIpc) is 2.96. The summed E-state index contributed by atoms with van der Waals surface area (Å²) in [7, 11) is 0. The SMILES string of the molecule is CC1(C)CC(NC(=O)C2C3C4CCC(C4)C23)c2cc(N)ccc2O1. The number of anilines is 1. The molecule has 4 aliphatic rings. The molecule has 3 N–H and O–H groups in total. The van der Waals surface area contributed by atoms with Crippen LogP contribution in [0, 0.1) is 29.6 Å². The van der Waals surface area contributed by atoms with Crippen LogP contribution in [0.5, 0.6) is 5.75 Å². The van der Waals surface area contributed by atoms with Crippen molar-refractivity contribution in [3.63, 3.8) is 0 Å². The van der Waals surface area contributed by atoms with Crippen LogP contribution in [-0.4, -0.2) is 11.5 Å². The molecule has 4 heteroatoms. The van der Waals surface area contributed by atoms with Gasteiger partial charge in [-0.3, -0.25) is 4.79 Å². The van der Waals surface area contributed by atoms with E-state index >= 15 is 0 Å². The van der Waals surface area contributed by atoms with Gasteiger partial charge in [-0.25, -0.2) is 0 Å². The minimum Gasteiger partial charge on any atom is -0.487 e. The number of benzene rings is 1. The van der Waals surface area contributed by atoms with Crippen molar-refractivity contribution in [2.75, 3.05) is 5.73 Å². The van der Waals surface area contributed by atoms with Crippen molar-refractivity contribution in [1.29, 1.82) is 0 Å². The number of nitrogen functional groups attached to an aromatic ring is 1. The van der Waals surface area contributed by atoms with Crippen LogP contribution in [0.4, 0.5) is 5.69 Å². The van der Waals surface area contributed by atoms with Crippen molar-refractivity contribution in [2.45, 2.75) is 51.2 Å². The topological polar surface area (TPSA) is 64.4 Å². The predicted octanol–water partition coefficient (Wildman–Crippen LogP) is 3.28. The third-order valence-electron chi connectivity index (χ3n) is 6.85. The van der Waals surface area contributed by atoms with Crippen molar-refractivity contribution in [1.82, 2.24) is 5.32 Å². The highest BCUT2D eigenvalue weighted by Gasteiger charge is 2.67. The molecule has 0 saturated heterocycles. The summed E-state index contributed by atoms with van der Waals surface area (Å²) < 4.78 is 6.07. The number of hydrogen-bond acceptors (Lipinski definition) is 3. The quantitative estimate of drug-likeness (QED) is 0.820. The summed E-state index contributed by atoms with van der Waals surface area (Å²) in [5.41, 5.74) is 7.43. The van der Waals surface area contributed by atoms with Crippen LogP contribution in [0.15, 0.2) is 18.2 Å². The lowest BCUT2D eigenvalue weighted by Crippen LogP contribution is -2.42. The average molecular weight is 326 g/mol. The first-order valence-electron chi connectivity index (χ1n) is 9.32. The van der Waals surface area contributed by atoms with E-state index in [1.807, 2.05) is 18.2 Å². The largest absolute Gasteiger partial charge is 0.487 e. The van der Waals surface area contributed by atoms with Crippen LogP contribution in [0.2, 0.25) is 0 Å². The van der Waals surface area contributed by atoms with Crippen molar-refractivity contribution in [2.24, 2.45) is 29.6 Å². The van der Waals surface area contributed by atoms with E-state index in [1.54, 1.807) is 0 Å². The summed E-state index contributed by atoms with van der Waals surface area (Å²) in [6, 6.07) is 5.74. The van der Waals surface area contributed by atoms with Gasteiger partial charge in [0, 0.05) is 23.6 Å². The van der Waals surface area contributed by atoms with Crippen LogP contribution in [0.1, 0.15) is 51.1 Å². The number of carbonyl (C=O) groups is 1. The monoisotopic (exact) mass is 326 g/mol. The molecule has 3 aliphatic carbocycles. The molecular formula is C20H26N2O2. The Hall–Kier alpha value is -1.71. The van der Waals surface area contributed by atoms with Gasteiger partial charge in [0.05, 0.1) is 6.04 Å². The number of ether oxygens (including phenoxy) is 1. The number of fused-ring (bicyclic) bond motifs is 6. The second-order valence-electron chi connectivity index (χ2n) is 8.94. The summed E-state index contributed by atoms with van der Waals surface area (Å²) in [5.74, 6) is 4.38. The summed E-state index contributed by atoms with van der Waals surface area (Å²) in [6.07, 6.45) is 4.85. The van der Waals surface area contributed by atoms with Gasteiger partial charge in [-0.1, -0.05) is 0 Å². The third-order valence-corrected chi connectivity index (χ3v) is 6.85. The molecule has 0 spiro atoms. The normalized spacial score (nSPS) is 40.4. The van der Waals surface area contributed by atoms with Crippen molar-refractivity contribution >= 4 is 11.6 Å². The van der Waals surface area contributed by atoms with E-state index in [0.717, 1.165) is 35.3 Å². The molecular weight excluding hydrogens is 300 g/mol. The fourth-order valence-electron chi connectivity index (χ4n) is 5.95. The van der Waals surface area contributed by atoms with Gasteiger partial charge in [0.1, 0.15) is 11.4 Å². The van der Waals surface area contributed by atoms with Gasteiger partial charge in [-0.15, -0.1) is 0 Å². The number of rotatable bonds is 2. The number of hydrogen-bond donors (Lipinski definition) is 2. The van der Waals surface area contributed by atoms with Gasteiger partial charge in [-0.2, -0.15) is 0 Å². The predicted molar refractivity (Wildman–Crippen MR) is 92.4 cm³/mol. The lowest BCUT2D eigenvalue weighted by Gasteiger charge is -2.38. The van der Waals surface area contributed by atoms with Crippen LogP contribution >= 0.6 is 0 Å². The van der Waals surface area contributed by atoms with Gasteiger partial charge in [0.15, 0.2) is 0 Å². The molecule has 2 bridgehead atoms. The second-order valence-corrected chi connectivity index (χ2v) is 8.94. The molecule has 1 aromatic rings. The minimum atomic E-state index is -0.278. The Labute approximate surface area is 143 Å². The molecule has 5 atom stereocenters.